The van der Waals surface area contributed by atoms with Gasteiger partial charge in [0.1, 0.15) is 0 Å². The number of hydrogen-bond donors (Lipinski definition) is 1. The largest absolute Gasteiger partial charge is 0.678 e. The summed E-state index contributed by atoms with van der Waals surface area (Å²) in [7, 11) is -2.81. The van der Waals surface area contributed by atoms with Gasteiger partial charge in [0, 0.05) is 17.0 Å². The molecular formula is C32H23BF2N2O2. The number of carboxylic acid groups (broad SMARTS) is 1. The van der Waals surface area contributed by atoms with Crippen LogP contribution < -0.4 is 0 Å². The van der Waals surface area contributed by atoms with Crippen LogP contribution >= 0.6 is 0 Å². The number of halogens is 2. The number of allylic oxidation sites excluding steroid dienone is 3. The molecule has 1 N–H and O–H groups in total. The zero-order valence-electron chi connectivity index (χ0n) is 20.8. The van der Waals surface area contributed by atoms with Crippen LogP contribution in [0.15, 0.2) is 126 Å². The zero-order valence-corrected chi connectivity index (χ0v) is 20.8. The Labute approximate surface area is 225 Å². The second kappa shape index (κ2) is 11.6. The number of rotatable bonds is 8. The van der Waals surface area contributed by atoms with Gasteiger partial charge in [-0.1, -0.05) is 84.9 Å². The molecule has 0 amide bonds. The lowest BCUT2D eigenvalue weighted by atomic mass is 9.97. The van der Waals surface area contributed by atoms with E-state index in [2.05, 4.69) is 0 Å². The second-order valence-electron chi connectivity index (χ2n) is 8.79. The first kappa shape index (κ1) is 25.6. The molecule has 0 bridgehead atoms. The van der Waals surface area contributed by atoms with Crippen LogP contribution in [0.2, 0.25) is 0 Å². The fourth-order valence-electron chi connectivity index (χ4n) is 4.33. The molecule has 4 aromatic rings. The Morgan fingerprint density at radius 1 is 0.718 bits per heavy atom. The van der Waals surface area contributed by atoms with E-state index in [0.717, 1.165) is 15.6 Å². The second-order valence-corrected chi connectivity index (χ2v) is 8.79. The van der Waals surface area contributed by atoms with E-state index in [1.165, 1.54) is 12.1 Å². The van der Waals surface area contributed by atoms with Crippen LogP contribution in [0.3, 0.4) is 0 Å². The first-order valence-electron chi connectivity index (χ1n) is 12.3. The molecule has 0 unspecified atom stereocenters. The highest BCUT2D eigenvalue weighted by atomic mass is 19.2. The molecule has 0 spiro atoms. The van der Waals surface area contributed by atoms with E-state index in [1.807, 2.05) is 78.9 Å². The van der Waals surface area contributed by atoms with Crippen LogP contribution in [0.25, 0.3) is 23.8 Å². The van der Waals surface area contributed by atoms with Gasteiger partial charge in [-0.05, 0) is 65.3 Å². The summed E-state index contributed by atoms with van der Waals surface area (Å²) in [6.45, 7) is 0. The Bertz CT molecular complexity index is 1630. The average molecular weight is 516 g/mol. The van der Waals surface area contributed by atoms with Crippen LogP contribution in [0.1, 0.15) is 38.4 Å². The van der Waals surface area contributed by atoms with Crippen molar-refractivity contribution in [3.8, 4) is 0 Å². The van der Waals surface area contributed by atoms with E-state index < -0.39 is 13.4 Å². The van der Waals surface area contributed by atoms with Gasteiger partial charge in [0.2, 0.25) is 0 Å². The van der Waals surface area contributed by atoms with Crippen molar-refractivity contribution in [2.75, 3.05) is 0 Å². The molecule has 1 aliphatic rings. The average Bonchev–Trinajstić information content (AvgIpc) is 3.60. The van der Waals surface area contributed by atoms with Crippen LogP contribution in [-0.4, -0.2) is 28.7 Å². The van der Waals surface area contributed by atoms with Gasteiger partial charge in [-0.2, -0.15) is 0 Å². The van der Waals surface area contributed by atoms with Crippen molar-refractivity contribution in [2.45, 2.75) is 0 Å². The number of hydrogen-bond acceptors (Lipinski definition) is 2. The predicted molar refractivity (Wildman–Crippen MR) is 155 cm³/mol. The first-order valence-corrected chi connectivity index (χ1v) is 12.3. The van der Waals surface area contributed by atoms with Crippen molar-refractivity contribution in [1.82, 2.24) is 4.48 Å². The van der Waals surface area contributed by atoms with Gasteiger partial charge in [0.15, 0.2) is 0 Å². The van der Waals surface area contributed by atoms with Crippen molar-refractivity contribution < 1.29 is 18.5 Å². The molecule has 7 heteroatoms. The standard InChI is InChI=1S/C32H23BF2N2O2/c34-33(35)37-28(19-12-24-9-5-2-6-10-24)20-22-30(37)31(25-13-15-26(16-14-25)32(38)39)29-21-18-27(36-29)17-11-23-7-3-1-4-8-23/h1-22H,(H,38,39)/b17-11+,19-12+,31-29+. The number of nitrogens with zero attached hydrogens (tertiary/aromatic N) is 2. The van der Waals surface area contributed by atoms with Gasteiger partial charge in [0.25, 0.3) is 0 Å². The minimum atomic E-state index is -2.81. The predicted octanol–water partition coefficient (Wildman–Crippen LogP) is 7.61. The molecule has 0 radical (unpaired) electrons. The lowest BCUT2D eigenvalue weighted by molar-refractivity contribution is 0.0697. The third-order valence-electron chi connectivity index (χ3n) is 6.23. The van der Waals surface area contributed by atoms with E-state index in [1.54, 1.807) is 42.5 Å². The fraction of sp³-hybridized carbons (Fsp3) is 0. The topological polar surface area (TPSA) is 54.6 Å². The van der Waals surface area contributed by atoms with Gasteiger partial charge >= 0.3 is 13.4 Å². The third kappa shape index (κ3) is 5.94. The van der Waals surface area contributed by atoms with Crippen molar-refractivity contribution >= 4 is 42.9 Å². The number of carboxylic acids is 1. The normalized spacial score (nSPS) is 14.3. The van der Waals surface area contributed by atoms with Crippen molar-refractivity contribution in [1.29, 1.82) is 0 Å². The van der Waals surface area contributed by atoms with Crippen molar-refractivity contribution in [3.63, 3.8) is 0 Å². The molecular weight excluding hydrogens is 493 g/mol. The molecule has 0 atom stereocenters. The van der Waals surface area contributed by atoms with E-state index >= 15 is 0 Å². The molecule has 0 aliphatic carbocycles. The van der Waals surface area contributed by atoms with Gasteiger partial charge < -0.3 is 9.58 Å². The Hall–Kier alpha value is -5.04. The summed E-state index contributed by atoms with van der Waals surface area (Å²) in [6, 6.07) is 28.7. The summed E-state index contributed by atoms with van der Waals surface area (Å²) in [5.41, 5.74) is 4.85. The Morgan fingerprint density at radius 3 is 1.90 bits per heavy atom. The highest BCUT2D eigenvalue weighted by molar-refractivity contribution is 6.42. The number of aromatic carboxylic acids is 1. The fourth-order valence-corrected chi connectivity index (χ4v) is 4.33. The first-order chi connectivity index (χ1) is 19.0. The molecule has 1 aromatic heterocycles. The number of benzene rings is 3. The summed E-state index contributed by atoms with van der Waals surface area (Å²) >= 11 is 0. The summed E-state index contributed by atoms with van der Waals surface area (Å²) in [5, 5.41) is 9.34. The van der Waals surface area contributed by atoms with Crippen molar-refractivity contribution in [3.05, 3.63) is 155 Å². The Balaban J connectivity index is 1.61. The molecule has 0 saturated heterocycles. The van der Waals surface area contributed by atoms with Crippen LogP contribution in [0.4, 0.5) is 8.63 Å². The Kier molecular flexibility index (Phi) is 7.59. The maximum absolute atomic E-state index is 14.5. The summed E-state index contributed by atoms with van der Waals surface area (Å²) in [6.07, 6.45) is 10.8. The third-order valence-corrected chi connectivity index (χ3v) is 6.23. The van der Waals surface area contributed by atoms with Gasteiger partial charge in [-0.25, -0.2) is 9.79 Å². The van der Waals surface area contributed by atoms with E-state index in [-0.39, 0.29) is 11.3 Å². The molecule has 0 fully saturated rings. The van der Waals surface area contributed by atoms with E-state index in [9.17, 15) is 18.5 Å². The van der Waals surface area contributed by atoms with E-state index in [0.29, 0.717) is 28.2 Å². The molecule has 0 saturated carbocycles. The van der Waals surface area contributed by atoms with Gasteiger partial charge in [-0.15, -0.1) is 0 Å². The molecule has 39 heavy (non-hydrogen) atoms. The molecule has 3 aromatic carbocycles. The molecule has 1 aliphatic heterocycles. The number of carbonyl (C=O) groups is 1. The highest BCUT2D eigenvalue weighted by Gasteiger charge is 2.27. The molecule has 5 rings (SSSR count). The lowest BCUT2D eigenvalue weighted by Crippen LogP contribution is -2.18. The Morgan fingerprint density at radius 2 is 1.31 bits per heavy atom. The van der Waals surface area contributed by atoms with Crippen LogP contribution in [-0.2, 0) is 0 Å². The minimum Gasteiger partial charge on any atom is -0.478 e. The monoisotopic (exact) mass is 516 g/mol. The number of aliphatic imine (C=N–C) groups is 1. The summed E-state index contributed by atoms with van der Waals surface area (Å²) < 4.78 is 30.0. The van der Waals surface area contributed by atoms with Crippen LogP contribution in [0.5, 0.6) is 0 Å². The smallest absolute Gasteiger partial charge is 0.478 e. The quantitative estimate of drug-likeness (QED) is 0.245. The van der Waals surface area contributed by atoms with Crippen molar-refractivity contribution in [2.24, 2.45) is 4.99 Å². The van der Waals surface area contributed by atoms with E-state index in [4.69, 9.17) is 4.99 Å². The zero-order chi connectivity index (χ0) is 27.2. The van der Waals surface area contributed by atoms with Gasteiger partial charge in [-0.3, -0.25) is 8.63 Å². The summed E-state index contributed by atoms with van der Waals surface area (Å²) in [4.78, 5) is 16.1. The molecule has 190 valence electrons. The SMILES string of the molecule is O=C(O)c1ccc(/C(=C2/C=CC(/C=C/c3ccccc3)=N2)c2ccc(/C=C/c3ccccc3)n2B(F)F)cc1. The van der Waals surface area contributed by atoms with Gasteiger partial charge in [0.05, 0.1) is 17.0 Å². The maximum atomic E-state index is 14.5. The highest BCUT2D eigenvalue weighted by Crippen LogP contribution is 2.33. The minimum absolute atomic E-state index is 0.107. The summed E-state index contributed by atoms with van der Waals surface area (Å²) in [5.74, 6) is -1.06. The van der Waals surface area contributed by atoms with Crippen LogP contribution in [0, 0.1) is 0 Å². The molecule has 2 heterocycles. The number of aromatic nitrogens is 1. The lowest BCUT2D eigenvalue weighted by Gasteiger charge is -2.14. The maximum Gasteiger partial charge on any atom is 0.678 e. The molecule has 4 nitrogen and oxygen atoms in total.